The second kappa shape index (κ2) is 4.40. The molecule has 0 aliphatic carbocycles. The molecular formula is C12H18N2O3. The van der Waals surface area contributed by atoms with Crippen LogP contribution in [-0.4, -0.2) is 40.5 Å². The first-order chi connectivity index (χ1) is 8.29. The Morgan fingerprint density at radius 3 is 3.18 bits per heavy atom. The minimum absolute atomic E-state index is 0.156. The van der Waals surface area contributed by atoms with Gasteiger partial charge in [-0.05, 0) is 18.8 Å². The molecule has 3 atom stereocenters. The Hall–Kier alpha value is -0.910. The predicted molar refractivity (Wildman–Crippen MR) is 60.4 cm³/mol. The van der Waals surface area contributed by atoms with E-state index in [1.807, 2.05) is 0 Å². The number of imidazole rings is 1. The van der Waals surface area contributed by atoms with Gasteiger partial charge in [-0.15, -0.1) is 0 Å². The Bertz CT molecular complexity index is 360. The predicted octanol–water partition coefficient (Wildman–Crippen LogP) is 1.03. The molecule has 0 amide bonds. The van der Waals surface area contributed by atoms with Crippen molar-refractivity contribution in [2.45, 2.75) is 31.0 Å². The SMILES string of the molecule is OC(c1ncc[nH]1)C1CCOC2(CCOC2)C1. The summed E-state index contributed by atoms with van der Waals surface area (Å²) in [6.45, 7) is 2.13. The van der Waals surface area contributed by atoms with Crippen LogP contribution in [0, 0.1) is 5.92 Å². The lowest BCUT2D eigenvalue weighted by molar-refractivity contribution is -0.118. The highest BCUT2D eigenvalue weighted by Gasteiger charge is 2.43. The van der Waals surface area contributed by atoms with Crippen molar-refractivity contribution < 1.29 is 14.6 Å². The fourth-order valence-electron chi connectivity index (χ4n) is 2.86. The molecule has 2 saturated heterocycles. The standard InChI is InChI=1S/C12H18N2O3/c15-10(11-13-3-4-14-11)9-1-5-17-12(7-9)2-6-16-8-12/h3-4,9-10,15H,1-2,5-8H2,(H,13,14). The smallest absolute Gasteiger partial charge is 0.135 e. The van der Waals surface area contributed by atoms with E-state index in [4.69, 9.17) is 9.47 Å². The molecule has 2 aliphatic rings. The van der Waals surface area contributed by atoms with Crippen molar-refractivity contribution in [3.63, 3.8) is 0 Å². The summed E-state index contributed by atoms with van der Waals surface area (Å²) in [7, 11) is 0. The van der Waals surface area contributed by atoms with Crippen LogP contribution in [0.25, 0.3) is 0 Å². The van der Waals surface area contributed by atoms with Crippen LogP contribution in [0.15, 0.2) is 12.4 Å². The number of aliphatic hydroxyl groups excluding tert-OH is 1. The number of nitrogens with zero attached hydrogens (tertiary/aromatic N) is 1. The zero-order valence-electron chi connectivity index (χ0n) is 9.76. The third-order valence-corrected chi connectivity index (χ3v) is 3.84. The Balaban J connectivity index is 1.71. The molecule has 1 aromatic rings. The van der Waals surface area contributed by atoms with Crippen LogP contribution in [0.3, 0.4) is 0 Å². The van der Waals surface area contributed by atoms with Crippen molar-refractivity contribution in [3.05, 3.63) is 18.2 Å². The van der Waals surface area contributed by atoms with E-state index < -0.39 is 6.10 Å². The molecule has 0 bridgehead atoms. The monoisotopic (exact) mass is 238 g/mol. The van der Waals surface area contributed by atoms with Gasteiger partial charge in [-0.1, -0.05) is 0 Å². The molecule has 0 aromatic carbocycles. The molecule has 3 heterocycles. The highest BCUT2D eigenvalue weighted by atomic mass is 16.6. The summed E-state index contributed by atoms with van der Waals surface area (Å²) in [6, 6.07) is 0. The number of hydrogen-bond acceptors (Lipinski definition) is 4. The minimum Gasteiger partial charge on any atom is -0.385 e. The average molecular weight is 238 g/mol. The number of aliphatic hydroxyl groups is 1. The molecule has 5 nitrogen and oxygen atoms in total. The van der Waals surface area contributed by atoms with Gasteiger partial charge in [0, 0.05) is 32.0 Å². The Labute approximate surface area is 100 Å². The van der Waals surface area contributed by atoms with Crippen LogP contribution in [0.2, 0.25) is 0 Å². The quantitative estimate of drug-likeness (QED) is 0.807. The van der Waals surface area contributed by atoms with E-state index in [0.29, 0.717) is 19.0 Å². The molecule has 1 spiro atoms. The molecular weight excluding hydrogens is 220 g/mol. The van der Waals surface area contributed by atoms with Gasteiger partial charge in [0.2, 0.25) is 0 Å². The first-order valence-corrected chi connectivity index (χ1v) is 6.18. The fraction of sp³-hybridized carbons (Fsp3) is 0.750. The zero-order valence-corrected chi connectivity index (χ0v) is 9.76. The van der Waals surface area contributed by atoms with E-state index in [-0.39, 0.29) is 11.5 Å². The van der Waals surface area contributed by atoms with Crippen LogP contribution in [0.1, 0.15) is 31.2 Å². The van der Waals surface area contributed by atoms with Crippen molar-refractivity contribution in [3.8, 4) is 0 Å². The molecule has 2 N–H and O–H groups in total. The number of aromatic amines is 1. The molecule has 3 unspecified atom stereocenters. The molecule has 0 saturated carbocycles. The van der Waals surface area contributed by atoms with E-state index >= 15 is 0 Å². The lowest BCUT2D eigenvalue weighted by Crippen LogP contribution is -2.42. The van der Waals surface area contributed by atoms with Gasteiger partial charge in [0.15, 0.2) is 0 Å². The van der Waals surface area contributed by atoms with Gasteiger partial charge in [-0.3, -0.25) is 0 Å². The second-order valence-electron chi connectivity index (χ2n) is 5.01. The molecule has 2 fully saturated rings. The van der Waals surface area contributed by atoms with E-state index in [1.54, 1.807) is 12.4 Å². The molecule has 0 radical (unpaired) electrons. The summed E-state index contributed by atoms with van der Waals surface area (Å²) in [5, 5.41) is 10.3. The van der Waals surface area contributed by atoms with Crippen LogP contribution in [0.4, 0.5) is 0 Å². The largest absolute Gasteiger partial charge is 0.385 e. The highest BCUT2D eigenvalue weighted by Crippen LogP contribution is 2.40. The number of H-pyrrole nitrogens is 1. The molecule has 17 heavy (non-hydrogen) atoms. The molecule has 5 heteroatoms. The van der Waals surface area contributed by atoms with Crippen molar-refractivity contribution in [1.29, 1.82) is 0 Å². The lowest BCUT2D eigenvalue weighted by atomic mass is 9.82. The van der Waals surface area contributed by atoms with E-state index in [1.165, 1.54) is 0 Å². The molecule has 3 rings (SSSR count). The summed E-state index contributed by atoms with van der Waals surface area (Å²) in [5.41, 5.74) is -0.156. The first-order valence-electron chi connectivity index (χ1n) is 6.18. The average Bonchev–Trinajstić information content (AvgIpc) is 3.00. The van der Waals surface area contributed by atoms with Crippen molar-refractivity contribution >= 4 is 0 Å². The van der Waals surface area contributed by atoms with Gasteiger partial charge in [0.1, 0.15) is 11.9 Å². The maximum absolute atomic E-state index is 10.3. The summed E-state index contributed by atoms with van der Waals surface area (Å²) in [4.78, 5) is 7.11. The summed E-state index contributed by atoms with van der Waals surface area (Å²) >= 11 is 0. The van der Waals surface area contributed by atoms with Crippen molar-refractivity contribution in [2.24, 2.45) is 5.92 Å². The fourth-order valence-corrected chi connectivity index (χ4v) is 2.86. The van der Waals surface area contributed by atoms with E-state index in [2.05, 4.69) is 9.97 Å². The number of nitrogens with one attached hydrogen (secondary N) is 1. The number of aromatic nitrogens is 2. The van der Waals surface area contributed by atoms with Gasteiger partial charge in [0.05, 0.1) is 12.2 Å². The summed E-state index contributed by atoms with van der Waals surface area (Å²) in [5.74, 6) is 0.863. The second-order valence-corrected chi connectivity index (χ2v) is 5.01. The minimum atomic E-state index is -0.522. The Morgan fingerprint density at radius 1 is 1.53 bits per heavy atom. The lowest BCUT2D eigenvalue weighted by Gasteiger charge is -2.38. The first kappa shape index (κ1) is 11.2. The molecule has 2 aliphatic heterocycles. The number of hydrogen-bond donors (Lipinski definition) is 2. The summed E-state index contributed by atoms with van der Waals surface area (Å²) in [6.07, 6.45) is 5.57. The van der Waals surface area contributed by atoms with Crippen molar-refractivity contribution in [2.75, 3.05) is 19.8 Å². The van der Waals surface area contributed by atoms with Gasteiger partial charge in [-0.25, -0.2) is 4.98 Å². The van der Waals surface area contributed by atoms with Gasteiger partial charge in [0.25, 0.3) is 0 Å². The van der Waals surface area contributed by atoms with E-state index in [9.17, 15) is 5.11 Å². The molecule has 1 aromatic heterocycles. The Morgan fingerprint density at radius 2 is 2.47 bits per heavy atom. The topological polar surface area (TPSA) is 67.4 Å². The Kier molecular flexibility index (Phi) is 2.90. The van der Waals surface area contributed by atoms with Gasteiger partial charge >= 0.3 is 0 Å². The molecule has 94 valence electrons. The van der Waals surface area contributed by atoms with Crippen LogP contribution in [0.5, 0.6) is 0 Å². The van der Waals surface area contributed by atoms with Gasteiger partial charge < -0.3 is 19.6 Å². The van der Waals surface area contributed by atoms with Crippen LogP contribution >= 0.6 is 0 Å². The zero-order chi connectivity index (χ0) is 11.7. The van der Waals surface area contributed by atoms with E-state index in [0.717, 1.165) is 25.9 Å². The van der Waals surface area contributed by atoms with Crippen LogP contribution in [-0.2, 0) is 9.47 Å². The highest BCUT2D eigenvalue weighted by molar-refractivity contribution is 4.99. The third kappa shape index (κ3) is 2.10. The summed E-state index contributed by atoms with van der Waals surface area (Å²) < 4.78 is 11.3. The van der Waals surface area contributed by atoms with Crippen LogP contribution < -0.4 is 0 Å². The normalized spacial score (nSPS) is 35.2. The third-order valence-electron chi connectivity index (χ3n) is 3.84. The number of ether oxygens (including phenoxy) is 2. The van der Waals surface area contributed by atoms with Gasteiger partial charge in [-0.2, -0.15) is 0 Å². The maximum Gasteiger partial charge on any atom is 0.135 e. The van der Waals surface area contributed by atoms with Crippen molar-refractivity contribution in [1.82, 2.24) is 9.97 Å². The maximum atomic E-state index is 10.3. The number of rotatable bonds is 2.